The predicted octanol–water partition coefficient (Wildman–Crippen LogP) is 4.03. The summed E-state index contributed by atoms with van der Waals surface area (Å²) in [5.74, 6) is 1.04. The van der Waals surface area contributed by atoms with Crippen molar-refractivity contribution >= 4 is 27.3 Å². The number of alkyl halides is 1. The van der Waals surface area contributed by atoms with Gasteiger partial charge in [-0.25, -0.2) is 9.50 Å². The van der Waals surface area contributed by atoms with Crippen molar-refractivity contribution in [3.05, 3.63) is 24.2 Å². The number of fused-ring (bicyclic) bond motifs is 1. The largest absolute Gasteiger partial charge is 0.354 e. The average molecular weight is 353 g/mol. The highest BCUT2D eigenvalue weighted by molar-refractivity contribution is 9.09. The lowest BCUT2D eigenvalue weighted by molar-refractivity contribution is 0.562. The van der Waals surface area contributed by atoms with Crippen LogP contribution in [0.4, 0.5) is 5.82 Å². The van der Waals surface area contributed by atoms with E-state index in [1.807, 2.05) is 16.9 Å². The first-order valence-corrected chi connectivity index (χ1v) is 8.75. The zero-order valence-corrected chi connectivity index (χ0v) is 15.0. The number of aromatic nitrogens is 3. The third-order valence-corrected chi connectivity index (χ3v) is 3.93. The van der Waals surface area contributed by atoms with E-state index < -0.39 is 0 Å². The van der Waals surface area contributed by atoms with Crippen LogP contribution in [0.15, 0.2) is 18.5 Å². The molecule has 0 atom stereocenters. The maximum Gasteiger partial charge on any atom is 0.154 e. The minimum atomic E-state index is 0.0486. The minimum absolute atomic E-state index is 0.0486. The highest BCUT2D eigenvalue weighted by atomic mass is 79.9. The molecule has 2 aromatic rings. The first kappa shape index (κ1) is 16.3. The Morgan fingerprint density at radius 2 is 2.05 bits per heavy atom. The second kappa shape index (κ2) is 6.77. The van der Waals surface area contributed by atoms with Crippen molar-refractivity contribution in [1.82, 2.24) is 14.6 Å². The molecule has 0 bridgehead atoms. The molecular weight excluding hydrogens is 328 g/mol. The van der Waals surface area contributed by atoms with Gasteiger partial charge in [-0.3, -0.25) is 0 Å². The van der Waals surface area contributed by atoms with Crippen molar-refractivity contribution in [3.8, 4) is 0 Å². The first-order valence-electron chi connectivity index (χ1n) is 7.63. The SMILES string of the molecule is CCCCN(CCBr)c1nccn2nc(C(C)(C)C)cc12. The molecule has 0 amide bonds. The third-order valence-electron chi connectivity index (χ3n) is 3.57. The molecule has 0 aromatic carbocycles. The van der Waals surface area contributed by atoms with Crippen LogP contribution in [0.2, 0.25) is 0 Å². The molecule has 0 aliphatic carbocycles. The standard InChI is InChI=1S/C16H25BrN4/c1-5-6-9-20(10-7-17)15-13-12-14(16(2,3)4)19-21(13)11-8-18-15/h8,11-12H,5-7,9-10H2,1-4H3. The molecular formula is C16H25BrN4. The topological polar surface area (TPSA) is 33.4 Å². The van der Waals surface area contributed by atoms with Gasteiger partial charge in [-0.05, 0) is 12.5 Å². The van der Waals surface area contributed by atoms with E-state index >= 15 is 0 Å². The number of anilines is 1. The third kappa shape index (κ3) is 3.76. The molecule has 0 radical (unpaired) electrons. The maximum atomic E-state index is 4.71. The molecule has 0 saturated carbocycles. The Balaban J connectivity index is 2.44. The Bertz CT molecular complexity index is 585. The molecule has 116 valence electrons. The molecule has 4 nitrogen and oxygen atoms in total. The lowest BCUT2D eigenvalue weighted by Crippen LogP contribution is -2.27. The Morgan fingerprint density at radius 1 is 1.29 bits per heavy atom. The van der Waals surface area contributed by atoms with E-state index in [1.54, 1.807) is 0 Å². The molecule has 5 heteroatoms. The van der Waals surface area contributed by atoms with Gasteiger partial charge in [0, 0.05) is 36.2 Å². The highest BCUT2D eigenvalue weighted by Crippen LogP contribution is 2.26. The summed E-state index contributed by atoms with van der Waals surface area (Å²) in [6.07, 6.45) is 6.14. The van der Waals surface area contributed by atoms with E-state index in [0.29, 0.717) is 0 Å². The van der Waals surface area contributed by atoms with Gasteiger partial charge in [0.25, 0.3) is 0 Å². The minimum Gasteiger partial charge on any atom is -0.354 e. The number of halogens is 1. The molecule has 0 aliphatic heterocycles. The zero-order chi connectivity index (χ0) is 15.5. The fourth-order valence-corrected chi connectivity index (χ4v) is 2.72. The molecule has 0 fully saturated rings. The summed E-state index contributed by atoms with van der Waals surface area (Å²) in [5.41, 5.74) is 2.25. The quantitative estimate of drug-likeness (QED) is 0.736. The number of hydrogen-bond donors (Lipinski definition) is 0. The molecule has 21 heavy (non-hydrogen) atoms. The van der Waals surface area contributed by atoms with Gasteiger partial charge in [0.05, 0.1) is 5.69 Å². The van der Waals surface area contributed by atoms with Gasteiger partial charge in [0.1, 0.15) is 5.52 Å². The van der Waals surface area contributed by atoms with E-state index in [2.05, 4.69) is 59.6 Å². The van der Waals surface area contributed by atoms with Crippen LogP contribution in [0.25, 0.3) is 5.52 Å². The van der Waals surface area contributed by atoms with Gasteiger partial charge in [0.2, 0.25) is 0 Å². The normalized spacial score (nSPS) is 12.0. The molecule has 0 N–H and O–H groups in total. The summed E-state index contributed by atoms with van der Waals surface area (Å²) in [6, 6.07) is 2.18. The van der Waals surface area contributed by atoms with Crippen molar-refractivity contribution in [3.63, 3.8) is 0 Å². The zero-order valence-electron chi connectivity index (χ0n) is 13.4. The summed E-state index contributed by atoms with van der Waals surface area (Å²) in [4.78, 5) is 6.97. The van der Waals surface area contributed by atoms with Crippen molar-refractivity contribution in [1.29, 1.82) is 0 Å². The van der Waals surface area contributed by atoms with Crippen molar-refractivity contribution in [2.75, 3.05) is 23.3 Å². The van der Waals surface area contributed by atoms with Crippen molar-refractivity contribution in [2.24, 2.45) is 0 Å². The van der Waals surface area contributed by atoms with E-state index in [1.165, 1.54) is 12.8 Å². The number of unbranched alkanes of at least 4 members (excludes halogenated alkanes) is 1. The smallest absolute Gasteiger partial charge is 0.154 e. The van der Waals surface area contributed by atoms with E-state index in [-0.39, 0.29) is 5.41 Å². The summed E-state index contributed by atoms with van der Waals surface area (Å²) in [6.45, 7) is 10.8. The van der Waals surface area contributed by atoms with Crippen LogP contribution in [0.5, 0.6) is 0 Å². The van der Waals surface area contributed by atoms with Gasteiger partial charge >= 0.3 is 0 Å². The number of nitrogens with zero attached hydrogens (tertiary/aromatic N) is 4. The fourth-order valence-electron chi connectivity index (χ4n) is 2.29. The van der Waals surface area contributed by atoms with Crippen LogP contribution < -0.4 is 4.90 Å². The molecule has 2 aromatic heterocycles. The van der Waals surface area contributed by atoms with E-state index in [4.69, 9.17) is 5.10 Å². The lowest BCUT2D eigenvalue weighted by Gasteiger charge is -2.23. The van der Waals surface area contributed by atoms with Crippen LogP contribution in [-0.2, 0) is 5.41 Å². The Morgan fingerprint density at radius 3 is 2.67 bits per heavy atom. The van der Waals surface area contributed by atoms with Gasteiger partial charge in [-0.1, -0.05) is 50.0 Å². The Labute approximate surface area is 135 Å². The average Bonchev–Trinajstić information content (AvgIpc) is 2.87. The fraction of sp³-hybridized carbons (Fsp3) is 0.625. The van der Waals surface area contributed by atoms with Crippen molar-refractivity contribution < 1.29 is 0 Å². The maximum absolute atomic E-state index is 4.71. The monoisotopic (exact) mass is 352 g/mol. The Hall–Kier alpha value is -1.10. The van der Waals surface area contributed by atoms with Crippen LogP contribution in [0.3, 0.4) is 0 Å². The Kier molecular flexibility index (Phi) is 5.25. The van der Waals surface area contributed by atoms with E-state index in [9.17, 15) is 0 Å². The highest BCUT2D eigenvalue weighted by Gasteiger charge is 2.20. The molecule has 0 unspecified atom stereocenters. The van der Waals surface area contributed by atoms with Crippen molar-refractivity contribution in [2.45, 2.75) is 46.0 Å². The summed E-state index contributed by atoms with van der Waals surface area (Å²) in [7, 11) is 0. The molecule has 0 spiro atoms. The van der Waals surface area contributed by atoms with Crippen LogP contribution >= 0.6 is 15.9 Å². The summed E-state index contributed by atoms with van der Waals surface area (Å²) in [5, 5.41) is 5.65. The molecule has 0 saturated heterocycles. The second-order valence-corrected chi connectivity index (χ2v) is 7.18. The molecule has 0 aliphatic rings. The van der Waals surface area contributed by atoms with Crippen LogP contribution in [0.1, 0.15) is 46.2 Å². The second-order valence-electron chi connectivity index (χ2n) is 6.39. The molecule has 2 heterocycles. The van der Waals surface area contributed by atoms with Crippen LogP contribution in [-0.4, -0.2) is 33.0 Å². The molecule has 2 rings (SSSR count). The summed E-state index contributed by atoms with van der Waals surface area (Å²) >= 11 is 3.55. The predicted molar refractivity (Wildman–Crippen MR) is 92.6 cm³/mol. The summed E-state index contributed by atoms with van der Waals surface area (Å²) < 4.78 is 1.95. The van der Waals surface area contributed by atoms with Gasteiger partial charge in [-0.15, -0.1) is 0 Å². The van der Waals surface area contributed by atoms with Gasteiger partial charge in [-0.2, -0.15) is 5.10 Å². The number of rotatable bonds is 6. The van der Waals surface area contributed by atoms with Gasteiger partial charge < -0.3 is 4.90 Å². The van der Waals surface area contributed by atoms with E-state index in [0.717, 1.165) is 35.4 Å². The first-order chi connectivity index (χ1) is 9.97. The number of hydrogen-bond acceptors (Lipinski definition) is 3. The van der Waals surface area contributed by atoms with Gasteiger partial charge in [0.15, 0.2) is 5.82 Å². The van der Waals surface area contributed by atoms with Crippen LogP contribution in [0, 0.1) is 0 Å². The lowest BCUT2D eigenvalue weighted by atomic mass is 9.92.